The van der Waals surface area contributed by atoms with Crippen LogP contribution >= 0.6 is 0 Å². The Labute approximate surface area is 232 Å². The van der Waals surface area contributed by atoms with Crippen LogP contribution in [0.3, 0.4) is 0 Å². The minimum Gasteiger partial charge on any atom is -0.355 e. The highest BCUT2D eigenvalue weighted by Gasteiger charge is 2.39. The second-order valence-electron chi connectivity index (χ2n) is 9.92. The summed E-state index contributed by atoms with van der Waals surface area (Å²) in [5.41, 5.74) is 4.46. The predicted octanol–water partition coefficient (Wildman–Crippen LogP) is 6.12. The zero-order valence-electron chi connectivity index (χ0n) is 22.2. The monoisotopic (exact) mass is 523 g/mol. The average molecular weight is 524 g/mol. The molecule has 6 aromatic rings. The summed E-state index contributed by atoms with van der Waals surface area (Å²) in [6.07, 6.45) is 2.51. The quantitative estimate of drug-likeness (QED) is 0.248. The number of benzene rings is 5. The molecule has 0 atom stereocenters. The molecule has 0 saturated heterocycles. The van der Waals surface area contributed by atoms with Crippen molar-refractivity contribution in [2.45, 2.75) is 12.0 Å². The summed E-state index contributed by atoms with van der Waals surface area (Å²) >= 11 is 0. The van der Waals surface area contributed by atoms with E-state index in [-0.39, 0.29) is 11.6 Å². The van der Waals surface area contributed by atoms with Crippen molar-refractivity contribution < 1.29 is 4.79 Å². The van der Waals surface area contributed by atoms with E-state index >= 15 is 0 Å². The van der Waals surface area contributed by atoms with E-state index in [9.17, 15) is 9.59 Å². The topological polar surface area (TPSA) is 66.9 Å². The van der Waals surface area contributed by atoms with Gasteiger partial charge in [-0.05, 0) is 45.2 Å². The molecule has 196 valence electrons. The molecule has 1 aromatic heterocycles. The van der Waals surface area contributed by atoms with E-state index in [2.05, 4.69) is 52.8 Å². The number of hydrogen-bond acceptors (Lipinski definition) is 2. The summed E-state index contributed by atoms with van der Waals surface area (Å²) in [5, 5.41) is 4.70. The zero-order chi connectivity index (χ0) is 27.5. The lowest BCUT2D eigenvalue weighted by atomic mass is 9.76. The highest BCUT2D eigenvalue weighted by Crippen LogP contribution is 2.40. The van der Waals surface area contributed by atoms with Crippen LogP contribution in [0, 0.1) is 0 Å². The van der Waals surface area contributed by atoms with Crippen LogP contribution in [-0.4, -0.2) is 22.5 Å². The molecule has 0 aliphatic rings. The lowest BCUT2D eigenvalue weighted by Crippen LogP contribution is -2.42. The van der Waals surface area contributed by atoms with Gasteiger partial charge < -0.3 is 10.3 Å². The average Bonchev–Trinajstić information content (AvgIpc) is 3.38. The van der Waals surface area contributed by atoms with Gasteiger partial charge in [0.05, 0.1) is 0 Å². The second-order valence-corrected chi connectivity index (χ2v) is 9.92. The van der Waals surface area contributed by atoms with Crippen molar-refractivity contribution in [1.29, 1.82) is 0 Å². The smallest absolute Gasteiger partial charge is 0.327 e. The molecule has 0 saturated carbocycles. The lowest BCUT2D eigenvalue weighted by molar-refractivity contribution is 0.0963. The van der Waals surface area contributed by atoms with E-state index in [1.807, 2.05) is 95.7 Å². The van der Waals surface area contributed by atoms with E-state index in [0.717, 1.165) is 38.7 Å². The maximum Gasteiger partial charge on any atom is 0.327 e. The maximum atomic E-state index is 13.8. The minimum atomic E-state index is -0.866. The van der Waals surface area contributed by atoms with Gasteiger partial charge in [0, 0.05) is 30.9 Å². The van der Waals surface area contributed by atoms with Gasteiger partial charge in [-0.2, -0.15) is 0 Å². The third-order valence-corrected chi connectivity index (χ3v) is 7.50. The first kappa shape index (κ1) is 25.1. The molecule has 6 rings (SSSR count). The second kappa shape index (κ2) is 10.5. The van der Waals surface area contributed by atoms with Crippen LogP contribution in [-0.2, 0) is 12.0 Å². The van der Waals surface area contributed by atoms with E-state index in [0.29, 0.717) is 12.0 Å². The predicted molar refractivity (Wildman–Crippen MR) is 160 cm³/mol. The maximum absolute atomic E-state index is 13.8. The van der Waals surface area contributed by atoms with Crippen molar-refractivity contribution in [2.75, 3.05) is 7.05 Å². The molecule has 40 heavy (non-hydrogen) atoms. The molecule has 0 aliphatic carbocycles. The van der Waals surface area contributed by atoms with E-state index in [1.165, 1.54) is 0 Å². The Bertz CT molecular complexity index is 1740. The zero-order valence-corrected chi connectivity index (χ0v) is 22.2. The Hall–Kier alpha value is -5.16. The molecule has 5 aromatic carbocycles. The van der Waals surface area contributed by atoms with Crippen molar-refractivity contribution in [1.82, 2.24) is 14.9 Å². The fourth-order valence-electron chi connectivity index (χ4n) is 5.65. The number of fused-ring (bicyclic) bond motifs is 1. The van der Waals surface area contributed by atoms with Gasteiger partial charge in [-0.1, -0.05) is 115 Å². The Balaban J connectivity index is 1.47. The van der Waals surface area contributed by atoms with Gasteiger partial charge in [-0.25, -0.2) is 4.79 Å². The molecule has 0 bridgehead atoms. The number of carbonyl (C=O) groups excluding carboxylic acids is 1. The van der Waals surface area contributed by atoms with E-state index in [1.54, 1.807) is 7.05 Å². The molecule has 0 spiro atoms. The molecule has 1 amide bonds. The van der Waals surface area contributed by atoms with Gasteiger partial charge in [0.1, 0.15) is 5.54 Å². The van der Waals surface area contributed by atoms with E-state index in [4.69, 9.17) is 0 Å². The number of hydrogen-bond donors (Lipinski definition) is 2. The molecule has 0 fully saturated rings. The van der Waals surface area contributed by atoms with Crippen LogP contribution in [0.5, 0.6) is 0 Å². The number of nitrogens with zero attached hydrogens (tertiary/aromatic N) is 1. The van der Waals surface area contributed by atoms with Gasteiger partial charge in [0.2, 0.25) is 0 Å². The van der Waals surface area contributed by atoms with Gasteiger partial charge in [0.15, 0.2) is 0 Å². The van der Waals surface area contributed by atoms with Crippen LogP contribution in [0.1, 0.15) is 38.3 Å². The third kappa shape index (κ3) is 4.41. The number of rotatable bonds is 7. The number of H-pyrrole nitrogens is 1. The van der Waals surface area contributed by atoms with Crippen molar-refractivity contribution in [2.24, 2.45) is 0 Å². The van der Waals surface area contributed by atoms with Crippen LogP contribution in [0.4, 0.5) is 0 Å². The Morgan fingerprint density at radius 3 is 1.80 bits per heavy atom. The molecule has 1 heterocycles. The fraction of sp³-hybridized carbons (Fsp3) is 0.0857. The van der Waals surface area contributed by atoms with Crippen molar-refractivity contribution in [3.63, 3.8) is 0 Å². The van der Waals surface area contributed by atoms with Gasteiger partial charge in [-0.15, -0.1) is 0 Å². The third-order valence-electron chi connectivity index (χ3n) is 7.50. The Kier molecular flexibility index (Phi) is 6.62. The highest BCUT2D eigenvalue weighted by molar-refractivity contribution is 5.98. The summed E-state index contributed by atoms with van der Waals surface area (Å²) in [6.45, 7) is 0. The number of amides is 1. The summed E-state index contributed by atoms with van der Waals surface area (Å²) in [6, 6.07) is 42.4. The van der Waals surface area contributed by atoms with Crippen LogP contribution in [0.15, 0.2) is 138 Å². The molecule has 0 aliphatic heterocycles. The summed E-state index contributed by atoms with van der Waals surface area (Å²) < 4.78 is 1.83. The number of carbonyl (C=O) groups is 1. The SMILES string of the molecule is CNC(=O)c1ccc2cc(Cc3cn(C(c4ccccc4)(c4ccccc4)c4ccccc4)c(=O)[nH]3)ccc2c1. The lowest BCUT2D eigenvalue weighted by Gasteiger charge is -2.36. The molecular weight excluding hydrogens is 494 g/mol. The summed E-state index contributed by atoms with van der Waals surface area (Å²) in [7, 11) is 1.63. The van der Waals surface area contributed by atoms with Crippen molar-refractivity contribution in [3.8, 4) is 0 Å². The highest BCUT2D eigenvalue weighted by atomic mass is 16.2. The molecule has 2 N–H and O–H groups in total. The van der Waals surface area contributed by atoms with Crippen molar-refractivity contribution >= 4 is 16.7 Å². The number of imidazole rings is 1. The Morgan fingerprint density at radius 1 is 0.725 bits per heavy atom. The number of nitrogens with one attached hydrogen (secondary N) is 2. The first-order chi connectivity index (χ1) is 19.6. The largest absolute Gasteiger partial charge is 0.355 e. The van der Waals surface area contributed by atoms with Crippen LogP contribution in [0.2, 0.25) is 0 Å². The number of aromatic nitrogens is 2. The normalized spacial score (nSPS) is 11.4. The molecule has 5 nitrogen and oxygen atoms in total. The van der Waals surface area contributed by atoms with E-state index < -0.39 is 5.54 Å². The van der Waals surface area contributed by atoms with Crippen molar-refractivity contribution in [3.05, 3.63) is 178 Å². The summed E-state index contributed by atoms with van der Waals surface area (Å²) in [5.74, 6) is -0.108. The van der Waals surface area contributed by atoms with Crippen LogP contribution in [0.25, 0.3) is 10.8 Å². The fourth-order valence-corrected chi connectivity index (χ4v) is 5.65. The standard InChI is InChI=1S/C35H29N3O2/c1-36-33(39)28-20-19-26-21-25(17-18-27(26)23-28)22-32-24-38(34(40)37-32)35(29-11-5-2-6-12-29,30-13-7-3-8-14-30)31-15-9-4-10-16-31/h2-21,23-24H,22H2,1H3,(H,36,39)(H,37,40). The van der Waals surface area contributed by atoms with Gasteiger partial charge in [0.25, 0.3) is 5.91 Å². The minimum absolute atomic E-state index is 0.108. The first-order valence-corrected chi connectivity index (χ1v) is 13.3. The number of aromatic amines is 1. The molecule has 5 heteroatoms. The summed E-state index contributed by atoms with van der Waals surface area (Å²) in [4.78, 5) is 29.0. The molecule has 0 radical (unpaired) electrons. The van der Waals surface area contributed by atoms with Crippen LogP contribution < -0.4 is 11.0 Å². The molecular formula is C35H29N3O2. The Morgan fingerprint density at radius 2 is 1.25 bits per heavy atom. The van der Waals surface area contributed by atoms with Gasteiger partial charge >= 0.3 is 5.69 Å². The first-order valence-electron chi connectivity index (χ1n) is 13.3. The van der Waals surface area contributed by atoms with Gasteiger partial charge in [-0.3, -0.25) is 9.36 Å². The molecule has 0 unspecified atom stereocenters.